The van der Waals surface area contributed by atoms with E-state index in [-0.39, 0.29) is 46.7 Å². The first kappa shape index (κ1) is 34.5. The number of rotatable bonds is 9. The fraction of sp³-hybridized carbons (Fsp3) is 0.657. The van der Waals surface area contributed by atoms with Gasteiger partial charge in [-0.1, -0.05) is 13.0 Å². The molecule has 2 fully saturated rings. The van der Waals surface area contributed by atoms with Gasteiger partial charge in [0, 0.05) is 52.0 Å². The maximum Gasteiger partial charge on any atom is 0.453 e. The summed E-state index contributed by atoms with van der Waals surface area (Å²) in [5.74, 6) is -2.96. The van der Waals surface area contributed by atoms with Crippen molar-refractivity contribution < 1.29 is 40.5 Å². The molecule has 12 heteroatoms. The lowest BCUT2D eigenvalue weighted by Gasteiger charge is -2.52. The van der Waals surface area contributed by atoms with Gasteiger partial charge < -0.3 is 9.64 Å². The van der Waals surface area contributed by atoms with Crippen LogP contribution in [0.15, 0.2) is 23.6 Å². The Morgan fingerprint density at radius 1 is 1.11 bits per heavy atom. The van der Waals surface area contributed by atoms with E-state index in [1.54, 1.807) is 16.2 Å². The number of nitrogens with zero attached hydrogens (tertiary/aromatic N) is 1. The molecule has 2 saturated carbocycles. The van der Waals surface area contributed by atoms with E-state index in [0.29, 0.717) is 50.3 Å². The number of benzene rings is 1. The Balaban J connectivity index is 1.16. The van der Waals surface area contributed by atoms with E-state index >= 15 is 0 Å². The molecule has 6 rings (SSSR count). The van der Waals surface area contributed by atoms with Gasteiger partial charge in [0.05, 0.1) is 6.54 Å². The van der Waals surface area contributed by atoms with Crippen molar-refractivity contribution in [3.63, 3.8) is 0 Å². The molecule has 1 unspecified atom stereocenters. The van der Waals surface area contributed by atoms with Crippen LogP contribution >= 0.6 is 11.3 Å². The molecule has 0 N–H and O–H groups in total. The highest BCUT2D eigenvalue weighted by atomic mass is 32.2. The third kappa shape index (κ3) is 6.79. The smallest absolute Gasteiger partial charge is 0.410 e. The fourth-order valence-electron chi connectivity index (χ4n) is 8.85. The Kier molecular flexibility index (Phi) is 9.68. The Morgan fingerprint density at radius 3 is 2.64 bits per heavy atom. The summed E-state index contributed by atoms with van der Waals surface area (Å²) >= 11 is 1.71. The van der Waals surface area contributed by atoms with E-state index in [4.69, 9.17) is 4.74 Å². The lowest BCUT2D eigenvalue weighted by atomic mass is 9.52. The van der Waals surface area contributed by atoms with E-state index in [2.05, 4.69) is 19.1 Å². The number of amides is 1. The number of ketones is 1. The molecule has 258 valence electrons. The number of aryl methyl sites for hydroxylation is 1. The van der Waals surface area contributed by atoms with Gasteiger partial charge in [-0.15, -0.1) is 11.3 Å². The van der Waals surface area contributed by atoms with Crippen LogP contribution < -0.4 is 4.74 Å². The summed E-state index contributed by atoms with van der Waals surface area (Å²) in [6.07, 6.45) is -1.88. The zero-order valence-corrected chi connectivity index (χ0v) is 28.4. The topological polar surface area (TPSA) is 63.7 Å². The summed E-state index contributed by atoms with van der Waals surface area (Å²) in [5, 5.41) is 2.05. The molecule has 0 spiro atoms. The van der Waals surface area contributed by atoms with Crippen LogP contribution in [-0.2, 0) is 35.0 Å². The van der Waals surface area contributed by atoms with E-state index in [1.165, 1.54) is 10.4 Å². The molecular weight excluding hydrogens is 658 g/mol. The summed E-state index contributed by atoms with van der Waals surface area (Å²) < 4.78 is 82.8. The highest BCUT2D eigenvalue weighted by Gasteiger charge is 2.57. The molecule has 0 saturated heterocycles. The van der Waals surface area contributed by atoms with Gasteiger partial charge >= 0.3 is 18.2 Å². The lowest BCUT2D eigenvalue weighted by Crippen LogP contribution is -2.46. The van der Waals surface area contributed by atoms with Crippen LogP contribution in [0.1, 0.15) is 91.3 Å². The second-order valence-electron chi connectivity index (χ2n) is 14.2. The number of alkyl halides is 5. The first-order chi connectivity index (χ1) is 22.2. The zero-order valence-electron chi connectivity index (χ0n) is 26.8. The second kappa shape index (κ2) is 13.2. The van der Waals surface area contributed by atoms with Gasteiger partial charge in [-0.05, 0) is 122 Å². The average molecular weight is 700 g/mol. The largest absolute Gasteiger partial charge is 0.453 e. The third-order valence-electron chi connectivity index (χ3n) is 11.4. The number of Topliss-reactive ketones (excluding diaryl/α,β-unsaturated/α-hetero) is 1. The van der Waals surface area contributed by atoms with Crippen molar-refractivity contribution in [3.8, 4) is 5.75 Å². The van der Waals surface area contributed by atoms with Gasteiger partial charge in [0.25, 0.3) is 0 Å². The molecular formula is C35H42F5NO4S2. The summed E-state index contributed by atoms with van der Waals surface area (Å²) in [5.41, 5.74) is 4.06. The molecule has 3 aliphatic carbocycles. The molecule has 4 aliphatic rings. The van der Waals surface area contributed by atoms with Crippen molar-refractivity contribution in [2.45, 2.75) is 103 Å². The Bertz CT molecular complexity index is 1540. The number of fused-ring (bicyclic) bond motifs is 6. The van der Waals surface area contributed by atoms with Crippen LogP contribution in [0.25, 0.3) is 0 Å². The summed E-state index contributed by atoms with van der Waals surface area (Å²) in [6.45, 7) is 5.20. The van der Waals surface area contributed by atoms with Gasteiger partial charge in [-0.25, -0.2) is 4.79 Å². The molecule has 0 bridgehead atoms. The minimum Gasteiger partial charge on any atom is -0.410 e. The number of hydrogen-bond donors (Lipinski definition) is 0. The number of hydrogen-bond acceptors (Lipinski definition) is 5. The molecule has 1 aromatic heterocycles. The summed E-state index contributed by atoms with van der Waals surface area (Å²) in [7, 11) is -1.50. The monoisotopic (exact) mass is 699 g/mol. The third-order valence-corrected chi connectivity index (χ3v) is 13.9. The molecule has 47 heavy (non-hydrogen) atoms. The van der Waals surface area contributed by atoms with E-state index in [0.717, 1.165) is 42.4 Å². The van der Waals surface area contributed by atoms with Crippen LogP contribution in [0, 0.1) is 30.1 Å². The first-order valence-electron chi connectivity index (χ1n) is 16.7. The van der Waals surface area contributed by atoms with E-state index < -0.39 is 35.7 Å². The van der Waals surface area contributed by atoms with Crippen LogP contribution in [0.3, 0.4) is 0 Å². The fourth-order valence-corrected chi connectivity index (χ4v) is 10.9. The van der Waals surface area contributed by atoms with Crippen molar-refractivity contribution in [1.82, 2.24) is 4.90 Å². The number of halogens is 5. The molecule has 1 amide bonds. The quantitative estimate of drug-likeness (QED) is 0.246. The van der Waals surface area contributed by atoms with Crippen molar-refractivity contribution in [1.29, 1.82) is 0 Å². The maximum atomic E-state index is 13.3. The van der Waals surface area contributed by atoms with Crippen molar-refractivity contribution >= 4 is 34.0 Å². The second-order valence-corrected chi connectivity index (χ2v) is 16.9. The molecule has 6 atom stereocenters. The molecule has 2 aromatic rings. The SMILES string of the molecule is Cc1cc2c(cc1OC(=O)N1CCc3sccc3C1)C[C@@H](CCCS(=O)CCCC(F)(F)C(F)(F)F)[C@@H]1[C@@H]2CC[C@]2(C)C(=O)CC[C@@H]12. The minimum atomic E-state index is -5.60. The van der Waals surface area contributed by atoms with Gasteiger partial charge in [0.15, 0.2) is 0 Å². The summed E-state index contributed by atoms with van der Waals surface area (Å²) in [6, 6.07) is 6.21. The highest BCUT2D eigenvalue weighted by Crippen LogP contribution is 2.61. The normalized spacial score (nSPS) is 27.9. The number of thiophene rings is 1. The average Bonchev–Trinajstić information content (AvgIpc) is 3.60. The Morgan fingerprint density at radius 2 is 1.87 bits per heavy atom. The molecule has 5 nitrogen and oxygen atoms in total. The highest BCUT2D eigenvalue weighted by molar-refractivity contribution is 7.84. The van der Waals surface area contributed by atoms with Crippen molar-refractivity contribution in [2.24, 2.45) is 23.2 Å². The number of ether oxygens (including phenoxy) is 1. The Hall–Kier alpha value is -2.34. The number of carbonyl (C=O) groups is 2. The first-order valence-corrected chi connectivity index (χ1v) is 19.0. The predicted molar refractivity (Wildman–Crippen MR) is 171 cm³/mol. The van der Waals surface area contributed by atoms with Gasteiger partial charge in [0.2, 0.25) is 0 Å². The maximum absolute atomic E-state index is 13.3. The van der Waals surface area contributed by atoms with Crippen LogP contribution in [0.2, 0.25) is 0 Å². The van der Waals surface area contributed by atoms with Gasteiger partial charge in [-0.2, -0.15) is 22.0 Å². The molecule has 1 aromatic carbocycles. The summed E-state index contributed by atoms with van der Waals surface area (Å²) in [4.78, 5) is 29.3. The molecule has 1 aliphatic heterocycles. The standard InChI is InChI=1S/C35H42F5NO4S2/c1-21-17-26-24(19-28(21)45-32(43)41-13-9-29-23(20-41)10-14-46-29)18-22(31-25(26)8-12-33(2)27(31)6-7-30(33)42)5-3-15-47(44)16-4-11-34(36,37)35(38,39)40/h10,14,17,19,22,25,27,31H,3-9,11-13,15-16,18,20H2,1-2H3/t22-,25-,27+,31-,33+,47?/m1/s1. The Labute approximate surface area is 279 Å². The van der Waals surface area contributed by atoms with Crippen LogP contribution in [0.5, 0.6) is 5.75 Å². The zero-order chi connectivity index (χ0) is 33.7. The van der Waals surface area contributed by atoms with Crippen molar-refractivity contribution in [3.05, 3.63) is 50.7 Å². The number of carbonyl (C=O) groups excluding carboxylic acids is 2. The predicted octanol–water partition coefficient (Wildman–Crippen LogP) is 8.77. The molecule has 2 heterocycles. The lowest BCUT2D eigenvalue weighted by molar-refractivity contribution is -0.284. The van der Waals surface area contributed by atoms with Crippen LogP contribution in [0.4, 0.5) is 26.7 Å². The van der Waals surface area contributed by atoms with E-state index in [9.17, 15) is 35.8 Å². The molecule has 0 radical (unpaired) electrons. The van der Waals surface area contributed by atoms with Gasteiger partial charge in [-0.3, -0.25) is 9.00 Å². The van der Waals surface area contributed by atoms with E-state index in [1.807, 2.05) is 18.4 Å². The van der Waals surface area contributed by atoms with Gasteiger partial charge in [0.1, 0.15) is 11.5 Å². The van der Waals surface area contributed by atoms with Crippen molar-refractivity contribution in [2.75, 3.05) is 18.1 Å². The van der Waals surface area contributed by atoms with Crippen LogP contribution in [-0.4, -0.2) is 51.1 Å². The minimum absolute atomic E-state index is 0.181.